The van der Waals surface area contributed by atoms with Gasteiger partial charge in [-0.25, -0.2) is 0 Å². The third kappa shape index (κ3) is 3.84. The van der Waals surface area contributed by atoms with Gasteiger partial charge in [-0.2, -0.15) is 0 Å². The Bertz CT molecular complexity index is 403. The van der Waals surface area contributed by atoms with E-state index in [1.54, 1.807) is 0 Å². The van der Waals surface area contributed by atoms with Crippen molar-refractivity contribution in [3.63, 3.8) is 0 Å². The van der Waals surface area contributed by atoms with Crippen LogP contribution in [0.5, 0.6) is 0 Å². The smallest absolute Gasteiger partial charge is 0.192 e. The van der Waals surface area contributed by atoms with Gasteiger partial charge in [-0.05, 0) is 36.0 Å². The highest BCUT2D eigenvalue weighted by molar-refractivity contribution is 6.74. The molecule has 2 rings (SSSR count). The molecule has 4 heteroatoms. The molecule has 22 heavy (non-hydrogen) atoms. The summed E-state index contributed by atoms with van der Waals surface area (Å²) in [5, 5.41) is 0.208. The van der Waals surface area contributed by atoms with Crippen molar-refractivity contribution < 1.29 is 13.9 Å². The molecule has 128 valence electrons. The van der Waals surface area contributed by atoms with Crippen LogP contribution in [0.3, 0.4) is 0 Å². The topological polar surface area (TPSA) is 27.7 Å². The van der Waals surface area contributed by atoms with Crippen LogP contribution in [0.25, 0.3) is 0 Å². The first-order valence-corrected chi connectivity index (χ1v) is 11.6. The van der Waals surface area contributed by atoms with Crippen LogP contribution in [-0.2, 0) is 13.9 Å². The monoisotopic (exact) mass is 326 g/mol. The molecule has 0 aromatic carbocycles. The molecule has 0 aromatic heterocycles. The van der Waals surface area contributed by atoms with Gasteiger partial charge in [-0.1, -0.05) is 40.7 Å². The van der Waals surface area contributed by atoms with E-state index in [9.17, 15) is 0 Å². The molecular weight excluding hydrogens is 292 g/mol. The highest BCUT2D eigenvalue weighted by atomic mass is 28.4. The van der Waals surface area contributed by atoms with Gasteiger partial charge in [0.05, 0.1) is 19.3 Å². The van der Waals surface area contributed by atoms with E-state index in [-0.39, 0.29) is 11.1 Å². The highest BCUT2D eigenvalue weighted by Crippen LogP contribution is 2.43. The molecule has 3 atom stereocenters. The van der Waals surface area contributed by atoms with E-state index in [4.69, 9.17) is 13.9 Å². The maximum absolute atomic E-state index is 6.62. The summed E-state index contributed by atoms with van der Waals surface area (Å²) in [4.78, 5) is 0. The van der Waals surface area contributed by atoms with Crippen molar-refractivity contribution in [3.05, 3.63) is 12.2 Å². The maximum atomic E-state index is 6.62. The van der Waals surface area contributed by atoms with Crippen LogP contribution in [0.2, 0.25) is 18.1 Å². The van der Waals surface area contributed by atoms with Crippen molar-refractivity contribution in [2.24, 2.45) is 5.92 Å². The lowest BCUT2D eigenvalue weighted by Gasteiger charge is -2.48. The molecule has 2 aliphatic rings. The number of rotatable bonds is 3. The first kappa shape index (κ1) is 18.2. The van der Waals surface area contributed by atoms with E-state index in [0.29, 0.717) is 12.5 Å². The fourth-order valence-corrected chi connectivity index (χ4v) is 4.22. The minimum absolute atomic E-state index is 0.0767. The summed E-state index contributed by atoms with van der Waals surface area (Å²) in [5.41, 5.74) is 1.07. The van der Waals surface area contributed by atoms with Crippen LogP contribution in [0.15, 0.2) is 12.2 Å². The summed E-state index contributed by atoms with van der Waals surface area (Å²) in [6.07, 6.45) is 4.24. The fourth-order valence-electron chi connectivity index (χ4n) is 2.91. The number of hydrogen-bond acceptors (Lipinski definition) is 3. The first-order chi connectivity index (χ1) is 10.1. The number of hydrogen-bond donors (Lipinski definition) is 0. The third-order valence-electron chi connectivity index (χ3n) is 5.81. The van der Waals surface area contributed by atoms with Gasteiger partial charge < -0.3 is 13.9 Å². The lowest BCUT2D eigenvalue weighted by molar-refractivity contribution is -0.282. The molecule has 3 nitrogen and oxygen atoms in total. The van der Waals surface area contributed by atoms with Crippen molar-refractivity contribution in [1.29, 1.82) is 0 Å². The molecule has 2 fully saturated rings. The van der Waals surface area contributed by atoms with Gasteiger partial charge in [0, 0.05) is 12.8 Å². The third-order valence-corrected chi connectivity index (χ3v) is 10.3. The average molecular weight is 327 g/mol. The van der Waals surface area contributed by atoms with E-state index >= 15 is 0 Å². The minimum Gasteiger partial charge on any atom is -0.410 e. The van der Waals surface area contributed by atoms with E-state index in [0.717, 1.165) is 25.0 Å². The van der Waals surface area contributed by atoms with Crippen LogP contribution in [0.1, 0.15) is 53.4 Å². The van der Waals surface area contributed by atoms with Gasteiger partial charge in [0.25, 0.3) is 0 Å². The van der Waals surface area contributed by atoms with E-state index < -0.39 is 14.1 Å². The predicted molar refractivity (Wildman–Crippen MR) is 93.5 cm³/mol. The highest BCUT2D eigenvalue weighted by Gasteiger charge is 2.47. The Balaban J connectivity index is 2.05. The van der Waals surface area contributed by atoms with Crippen molar-refractivity contribution >= 4 is 8.32 Å². The van der Waals surface area contributed by atoms with Crippen molar-refractivity contribution in [3.8, 4) is 0 Å². The molecule has 0 aromatic rings. The average Bonchev–Trinajstić information content (AvgIpc) is 2.42. The van der Waals surface area contributed by atoms with Crippen molar-refractivity contribution in [2.45, 2.75) is 83.4 Å². The molecule has 0 amide bonds. The molecule has 1 spiro atoms. The molecule has 2 heterocycles. The molecular formula is C18H34O3Si. The summed E-state index contributed by atoms with van der Waals surface area (Å²) >= 11 is 0. The standard InChI is InChI=1S/C18H34O3Si/c1-8-15-9-10-18(20-13-15)11-16(14(2)12-19-18)21-22(6,7)17(3,4)5/h15-16H,2,8-13H2,1,3-7H3/t15-,16+,18+/m1/s1. The Hall–Kier alpha value is -0.163. The predicted octanol–water partition coefficient (Wildman–Crippen LogP) is 4.89. The van der Waals surface area contributed by atoms with E-state index in [1.807, 2.05) is 0 Å². The fraction of sp³-hybridized carbons (Fsp3) is 0.889. The zero-order chi connectivity index (χ0) is 16.6. The summed E-state index contributed by atoms with van der Waals surface area (Å²) in [5.74, 6) is 0.249. The molecule has 0 unspecified atom stereocenters. The Morgan fingerprint density at radius 3 is 2.50 bits per heavy atom. The minimum atomic E-state index is -1.81. The van der Waals surface area contributed by atoms with E-state index in [1.165, 1.54) is 12.8 Å². The molecule has 0 N–H and O–H groups in total. The molecule has 0 radical (unpaired) electrons. The normalized spacial score (nSPS) is 34.2. The van der Waals surface area contributed by atoms with Gasteiger partial charge in [0.1, 0.15) is 0 Å². The lowest BCUT2D eigenvalue weighted by atomic mass is 9.89. The maximum Gasteiger partial charge on any atom is 0.192 e. The van der Waals surface area contributed by atoms with Crippen molar-refractivity contribution in [2.75, 3.05) is 13.2 Å². The first-order valence-electron chi connectivity index (χ1n) is 8.72. The summed E-state index contributed by atoms with van der Waals surface area (Å²) in [6, 6.07) is 0. The largest absolute Gasteiger partial charge is 0.410 e. The van der Waals surface area contributed by atoms with Crippen LogP contribution >= 0.6 is 0 Å². The number of ether oxygens (including phenoxy) is 2. The van der Waals surface area contributed by atoms with Gasteiger partial charge in [-0.3, -0.25) is 0 Å². The van der Waals surface area contributed by atoms with Gasteiger partial charge in [-0.15, -0.1) is 0 Å². The SMILES string of the molecule is C=C1CO[C@]2(CC[C@@H](CC)CO2)C[C@@H]1O[Si](C)(C)C(C)(C)C. The van der Waals surface area contributed by atoms with Gasteiger partial charge in [0.15, 0.2) is 14.1 Å². The summed E-state index contributed by atoms with van der Waals surface area (Å²) in [6.45, 7) is 19.2. The zero-order valence-electron chi connectivity index (χ0n) is 15.3. The zero-order valence-corrected chi connectivity index (χ0v) is 16.3. The Morgan fingerprint density at radius 1 is 1.32 bits per heavy atom. The van der Waals surface area contributed by atoms with Crippen LogP contribution < -0.4 is 0 Å². The second kappa shape index (κ2) is 6.38. The Labute approximate surface area is 137 Å². The van der Waals surface area contributed by atoms with Crippen LogP contribution in [0.4, 0.5) is 0 Å². The van der Waals surface area contributed by atoms with E-state index in [2.05, 4.69) is 47.4 Å². The molecule has 0 bridgehead atoms. The molecule has 0 aliphatic carbocycles. The van der Waals surface area contributed by atoms with Crippen LogP contribution in [0, 0.1) is 5.92 Å². The second-order valence-corrected chi connectivity index (χ2v) is 13.3. The van der Waals surface area contributed by atoms with Gasteiger partial charge >= 0.3 is 0 Å². The summed E-state index contributed by atoms with van der Waals surface area (Å²) < 4.78 is 18.8. The molecule has 2 saturated heterocycles. The van der Waals surface area contributed by atoms with Crippen molar-refractivity contribution in [1.82, 2.24) is 0 Å². The van der Waals surface area contributed by atoms with Crippen LogP contribution in [-0.4, -0.2) is 33.4 Å². The Kier molecular flexibility index (Phi) is 5.28. The Morgan fingerprint density at radius 2 is 2.00 bits per heavy atom. The van der Waals surface area contributed by atoms with Gasteiger partial charge in [0.2, 0.25) is 0 Å². The molecule has 0 saturated carbocycles. The second-order valence-electron chi connectivity index (χ2n) is 8.55. The summed E-state index contributed by atoms with van der Waals surface area (Å²) in [7, 11) is -1.81. The molecule has 2 aliphatic heterocycles. The lowest BCUT2D eigenvalue weighted by Crippen LogP contribution is -2.53. The quantitative estimate of drug-likeness (QED) is 0.546.